The van der Waals surface area contributed by atoms with E-state index in [0.29, 0.717) is 29.4 Å². The predicted octanol–water partition coefficient (Wildman–Crippen LogP) is 3.12. The van der Waals surface area contributed by atoms with Gasteiger partial charge in [-0.1, -0.05) is 27.7 Å². The molecular formula is C13H24N2O2S. The van der Waals surface area contributed by atoms with E-state index in [0.717, 1.165) is 12.8 Å². The Hall–Kier alpha value is -0.710. The van der Waals surface area contributed by atoms with Crippen molar-refractivity contribution < 1.29 is 8.63 Å². The zero-order valence-corrected chi connectivity index (χ0v) is 12.8. The highest BCUT2D eigenvalue weighted by Crippen LogP contribution is 2.20. The molecule has 1 aromatic heterocycles. The average Bonchev–Trinajstić information content (AvgIpc) is 2.72. The van der Waals surface area contributed by atoms with Gasteiger partial charge in [0.2, 0.25) is 11.8 Å². The summed E-state index contributed by atoms with van der Waals surface area (Å²) in [5.41, 5.74) is 0. The van der Waals surface area contributed by atoms with E-state index in [4.69, 9.17) is 4.42 Å². The Bertz CT molecular complexity index is 388. The molecule has 0 radical (unpaired) electrons. The van der Waals surface area contributed by atoms with Gasteiger partial charge in [-0.15, -0.1) is 10.2 Å². The summed E-state index contributed by atoms with van der Waals surface area (Å²) in [6.45, 7) is 10.4. The minimum absolute atomic E-state index is 0.169. The lowest BCUT2D eigenvalue weighted by atomic mass is 10.1. The second-order valence-corrected chi connectivity index (χ2v) is 7.42. The lowest BCUT2D eigenvalue weighted by Gasteiger charge is -2.08. The van der Waals surface area contributed by atoms with E-state index in [-0.39, 0.29) is 5.25 Å². The molecule has 0 amide bonds. The van der Waals surface area contributed by atoms with Gasteiger partial charge in [0.25, 0.3) is 0 Å². The number of nitrogens with zero attached hydrogens (tertiary/aromatic N) is 2. The van der Waals surface area contributed by atoms with Gasteiger partial charge in [-0.05, 0) is 25.2 Å². The molecule has 0 saturated carbocycles. The van der Waals surface area contributed by atoms with Crippen LogP contribution in [0.1, 0.15) is 58.1 Å². The van der Waals surface area contributed by atoms with Crippen LogP contribution in [0.15, 0.2) is 4.42 Å². The molecule has 104 valence electrons. The van der Waals surface area contributed by atoms with Gasteiger partial charge >= 0.3 is 0 Å². The van der Waals surface area contributed by atoms with Gasteiger partial charge < -0.3 is 4.42 Å². The van der Waals surface area contributed by atoms with Crippen LogP contribution in [-0.4, -0.2) is 20.2 Å². The monoisotopic (exact) mass is 272 g/mol. The van der Waals surface area contributed by atoms with Crippen LogP contribution < -0.4 is 0 Å². The molecule has 0 saturated heterocycles. The van der Waals surface area contributed by atoms with Gasteiger partial charge in [-0.2, -0.15) is 0 Å². The van der Waals surface area contributed by atoms with E-state index < -0.39 is 10.8 Å². The highest BCUT2D eigenvalue weighted by molar-refractivity contribution is 7.85. The molecule has 1 heterocycles. The Morgan fingerprint density at radius 3 is 2.33 bits per heavy atom. The molecule has 1 rings (SSSR count). The van der Waals surface area contributed by atoms with Crippen molar-refractivity contribution in [2.45, 2.75) is 52.7 Å². The van der Waals surface area contributed by atoms with Crippen LogP contribution in [0.2, 0.25) is 0 Å². The van der Waals surface area contributed by atoms with Crippen LogP contribution in [-0.2, 0) is 17.2 Å². The molecule has 4 nitrogen and oxygen atoms in total. The third-order valence-corrected chi connectivity index (χ3v) is 4.33. The maximum atomic E-state index is 12.1. The Balaban J connectivity index is 2.57. The summed E-state index contributed by atoms with van der Waals surface area (Å²) in [6, 6.07) is 0. The summed E-state index contributed by atoms with van der Waals surface area (Å²) in [5, 5.41) is 7.84. The van der Waals surface area contributed by atoms with Gasteiger partial charge in [0.1, 0.15) is 5.25 Å². The first kappa shape index (κ1) is 15.3. The van der Waals surface area contributed by atoms with Crippen molar-refractivity contribution in [2.75, 3.05) is 5.75 Å². The molecule has 18 heavy (non-hydrogen) atoms. The lowest BCUT2D eigenvalue weighted by molar-refractivity contribution is 0.425. The maximum Gasteiger partial charge on any atom is 0.231 e. The van der Waals surface area contributed by atoms with E-state index in [2.05, 4.69) is 37.9 Å². The molecule has 0 N–H and O–H groups in total. The summed E-state index contributed by atoms with van der Waals surface area (Å²) in [6.07, 6.45) is 1.74. The van der Waals surface area contributed by atoms with Crippen molar-refractivity contribution in [3.05, 3.63) is 11.8 Å². The van der Waals surface area contributed by atoms with Gasteiger partial charge in [0, 0.05) is 23.0 Å². The Kier molecular flexibility index (Phi) is 5.99. The van der Waals surface area contributed by atoms with Gasteiger partial charge in [0.05, 0.1) is 0 Å². The molecular weight excluding hydrogens is 248 g/mol. The minimum atomic E-state index is -0.932. The smallest absolute Gasteiger partial charge is 0.231 e. The molecule has 0 aliphatic rings. The van der Waals surface area contributed by atoms with Crippen LogP contribution in [0, 0.1) is 11.8 Å². The summed E-state index contributed by atoms with van der Waals surface area (Å²) in [4.78, 5) is 0. The van der Waals surface area contributed by atoms with E-state index >= 15 is 0 Å². The molecule has 5 heteroatoms. The minimum Gasteiger partial charge on any atom is -0.424 e. The predicted molar refractivity (Wildman–Crippen MR) is 73.7 cm³/mol. The molecule has 0 fully saturated rings. The number of hydrogen-bond acceptors (Lipinski definition) is 4. The second kappa shape index (κ2) is 7.02. The molecule has 0 aromatic carbocycles. The molecule has 2 atom stereocenters. The SMILES string of the molecule is CC(C)CC[S@@](=O)[C@H](C)c1nnc(CC(C)C)o1. The van der Waals surface area contributed by atoms with Crippen molar-refractivity contribution >= 4 is 10.8 Å². The fourth-order valence-electron chi connectivity index (χ4n) is 1.50. The highest BCUT2D eigenvalue weighted by atomic mass is 32.2. The third kappa shape index (κ3) is 4.88. The first-order chi connectivity index (χ1) is 8.40. The normalized spacial score (nSPS) is 15.3. The Morgan fingerprint density at radius 1 is 1.11 bits per heavy atom. The summed E-state index contributed by atoms with van der Waals surface area (Å²) in [5.74, 6) is 2.90. The van der Waals surface area contributed by atoms with Crippen LogP contribution in [0.4, 0.5) is 0 Å². The first-order valence-corrected chi connectivity index (χ1v) is 7.97. The summed E-state index contributed by atoms with van der Waals surface area (Å²) < 4.78 is 17.6. The highest BCUT2D eigenvalue weighted by Gasteiger charge is 2.20. The molecule has 0 aliphatic carbocycles. The molecule has 1 aromatic rings. The van der Waals surface area contributed by atoms with Gasteiger partial charge in [-0.3, -0.25) is 4.21 Å². The molecule has 0 aliphatic heterocycles. The summed E-state index contributed by atoms with van der Waals surface area (Å²) in [7, 11) is -0.932. The van der Waals surface area contributed by atoms with Crippen molar-refractivity contribution in [1.29, 1.82) is 0 Å². The van der Waals surface area contributed by atoms with Crippen LogP contribution >= 0.6 is 0 Å². The largest absolute Gasteiger partial charge is 0.424 e. The fraction of sp³-hybridized carbons (Fsp3) is 0.846. The molecule has 0 spiro atoms. The molecule has 0 bridgehead atoms. The topological polar surface area (TPSA) is 56.0 Å². The standard InChI is InChI=1S/C13H24N2O2S/c1-9(2)6-7-18(16)11(5)13-15-14-12(17-13)8-10(3)4/h9-11H,6-8H2,1-5H3/t11-,18-/m1/s1. The average molecular weight is 272 g/mol. The van der Waals surface area contributed by atoms with E-state index in [1.807, 2.05) is 6.92 Å². The zero-order chi connectivity index (χ0) is 13.7. The van der Waals surface area contributed by atoms with E-state index in [9.17, 15) is 4.21 Å². The van der Waals surface area contributed by atoms with E-state index in [1.165, 1.54) is 0 Å². The number of hydrogen-bond donors (Lipinski definition) is 0. The van der Waals surface area contributed by atoms with Crippen molar-refractivity contribution in [1.82, 2.24) is 10.2 Å². The van der Waals surface area contributed by atoms with Gasteiger partial charge in [-0.25, -0.2) is 0 Å². The second-order valence-electron chi connectivity index (χ2n) is 5.54. The number of rotatable bonds is 7. The quantitative estimate of drug-likeness (QED) is 0.765. The zero-order valence-electron chi connectivity index (χ0n) is 12.0. The first-order valence-electron chi connectivity index (χ1n) is 6.59. The van der Waals surface area contributed by atoms with Crippen molar-refractivity contribution in [3.8, 4) is 0 Å². The van der Waals surface area contributed by atoms with Gasteiger partial charge in [0.15, 0.2) is 0 Å². The third-order valence-electron chi connectivity index (χ3n) is 2.70. The number of aromatic nitrogens is 2. The van der Waals surface area contributed by atoms with E-state index in [1.54, 1.807) is 0 Å². The van der Waals surface area contributed by atoms with Crippen LogP contribution in [0.3, 0.4) is 0 Å². The van der Waals surface area contributed by atoms with Crippen LogP contribution in [0.25, 0.3) is 0 Å². The van der Waals surface area contributed by atoms with Crippen LogP contribution in [0.5, 0.6) is 0 Å². The van der Waals surface area contributed by atoms with Crippen molar-refractivity contribution in [3.63, 3.8) is 0 Å². The Morgan fingerprint density at radius 2 is 1.78 bits per heavy atom. The molecule has 0 unspecified atom stereocenters. The lowest BCUT2D eigenvalue weighted by Crippen LogP contribution is -2.09. The Labute approximate surface area is 112 Å². The summed E-state index contributed by atoms with van der Waals surface area (Å²) >= 11 is 0. The maximum absolute atomic E-state index is 12.1. The van der Waals surface area contributed by atoms with Crippen molar-refractivity contribution in [2.24, 2.45) is 11.8 Å². The fourth-order valence-corrected chi connectivity index (χ4v) is 2.88.